The lowest BCUT2D eigenvalue weighted by Gasteiger charge is -2.33. The number of nitro benzene ring substituents is 1. The zero-order valence-electron chi connectivity index (χ0n) is 14.1. The van der Waals surface area contributed by atoms with Gasteiger partial charge in [0.15, 0.2) is 5.82 Å². The van der Waals surface area contributed by atoms with Crippen molar-refractivity contribution < 1.29 is 14.2 Å². The van der Waals surface area contributed by atoms with E-state index in [1.54, 1.807) is 6.07 Å². The summed E-state index contributed by atoms with van der Waals surface area (Å²) in [4.78, 5) is 16.3. The second-order valence-electron chi connectivity index (χ2n) is 5.81. The first-order valence-electron chi connectivity index (χ1n) is 8.33. The summed E-state index contributed by atoms with van der Waals surface area (Å²) in [5.74, 6) is -0.526. The van der Waals surface area contributed by atoms with Gasteiger partial charge in [-0.25, -0.2) is 4.39 Å². The summed E-state index contributed by atoms with van der Waals surface area (Å²) in [6.07, 6.45) is 0. The Kier molecular flexibility index (Phi) is 5.76. The Morgan fingerprint density at radius 2 is 1.87 bits per heavy atom. The monoisotopic (exact) mass is 325 g/mol. The van der Waals surface area contributed by atoms with Crippen LogP contribution < -0.4 is 14.7 Å². The average molecular weight is 325 g/mol. The summed E-state index contributed by atoms with van der Waals surface area (Å²) in [5.41, 5.74) is 0.840. The van der Waals surface area contributed by atoms with Crippen LogP contribution in [0.3, 0.4) is 0 Å². The molecule has 1 N–H and O–H groups in total. The first-order chi connectivity index (χ1) is 11.0. The summed E-state index contributed by atoms with van der Waals surface area (Å²) >= 11 is 0. The fourth-order valence-corrected chi connectivity index (χ4v) is 3.16. The quantitative estimate of drug-likeness (QED) is 0.633. The molecule has 1 aromatic carbocycles. The molecule has 0 aliphatic carbocycles. The van der Waals surface area contributed by atoms with E-state index in [0.717, 1.165) is 38.8 Å². The van der Waals surface area contributed by atoms with Gasteiger partial charge in [-0.15, -0.1) is 0 Å². The lowest BCUT2D eigenvalue weighted by molar-refractivity contribution is -0.898. The summed E-state index contributed by atoms with van der Waals surface area (Å²) < 4.78 is 14.3. The Morgan fingerprint density at radius 1 is 1.26 bits per heavy atom. The van der Waals surface area contributed by atoms with Crippen LogP contribution in [0.1, 0.15) is 20.8 Å². The molecule has 0 spiro atoms. The van der Waals surface area contributed by atoms with Crippen molar-refractivity contribution in [3.8, 4) is 0 Å². The van der Waals surface area contributed by atoms with Crippen molar-refractivity contribution in [3.63, 3.8) is 0 Å². The topological polar surface area (TPSA) is 54.1 Å². The summed E-state index contributed by atoms with van der Waals surface area (Å²) in [6.45, 7) is 11.9. The lowest BCUT2D eigenvalue weighted by atomic mass is 10.1. The smallest absolute Gasteiger partial charge is 0.295 e. The van der Waals surface area contributed by atoms with Gasteiger partial charge in [0.1, 0.15) is 5.69 Å². The normalized spacial score (nSPS) is 15.7. The molecule has 6 nitrogen and oxygen atoms in total. The SMILES string of the molecule is CCN(CC)c1cc(N2CC[NH+](CC)CC2)c([N+](=O)[O-])cc1F. The number of nitro groups is 1. The summed E-state index contributed by atoms with van der Waals surface area (Å²) in [6, 6.07) is 2.72. The number of quaternary nitrogens is 1. The van der Waals surface area contributed by atoms with Gasteiger partial charge in [0.05, 0.1) is 49.4 Å². The second kappa shape index (κ2) is 7.59. The highest BCUT2D eigenvalue weighted by atomic mass is 19.1. The molecule has 0 unspecified atom stereocenters. The Labute approximate surface area is 136 Å². The van der Waals surface area contributed by atoms with Gasteiger partial charge in [0.2, 0.25) is 0 Å². The molecular formula is C16H26FN4O2+. The lowest BCUT2D eigenvalue weighted by Crippen LogP contribution is -3.14. The van der Waals surface area contributed by atoms with E-state index in [-0.39, 0.29) is 5.69 Å². The van der Waals surface area contributed by atoms with E-state index in [9.17, 15) is 14.5 Å². The number of nitrogens with one attached hydrogen (secondary N) is 1. The van der Waals surface area contributed by atoms with Gasteiger partial charge in [0.25, 0.3) is 5.69 Å². The van der Waals surface area contributed by atoms with Gasteiger partial charge >= 0.3 is 0 Å². The number of benzene rings is 1. The molecule has 23 heavy (non-hydrogen) atoms. The van der Waals surface area contributed by atoms with Gasteiger partial charge in [-0.05, 0) is 26.8 Å². The number of halogens is 1. The standard InChI is InChI=1S/C16H25FN4O2/c1-4-18-7-9-20(10-8-18)15-12-14(19(5-2)6-3)13(17)11-16(15)21(22)23/h11-12H,4-10H2,1-3H3/p+1. The van der Waals surface area contributed by atoms with Crippen molar-refractivity contribution in [1.82, 2.24) is 0 Å². The van der Waals surface area contributed by atoms with E-state index >= 15 is 0 Å². The van der Waals surface area contributed by atoms with Crippen LogP contribution in [0.5, 0.6) is 0 Å². The van der Waals surface area contributed by atoms with E-state index in [2.05, 4.69) is 6.92 Å². The highest BCUT2D eigenvalue weighted by molar-refractivity contribution is 5.71. The minimum absolute atomic E-state index is 0.140. The molecule has 128 valence electrons. The number of nitrogens with zero attached hydrogens (tertiary/aromatic N) is 3. The molecule has 1 fully saturated rings. The van der Waals surface area contributed by atoms with Crippen LogP contribution in [0, 0.1) is 15.9 Å². The molecule has 0 aromatic heterocycles. The van der Waals surface area contributed by atoms with Crippen molar-refractivity contribution in [1.29, 1.82) is 0 Å². The zero-order chi connectivity index (χ0) is 17.0. The predicted octanol–water partition coefficient (Wildman–Crippen LogP) is 1.30. The van der Waals surface area contributed by atoms with Crippen molar-refractivity contribution >= 4 is 17.1 Å². The summed E-state index contributed by atoms with van der Waals surface area (Å²) in [5, 5.41) is 11.4. The van der Waals surface area contributed by atoms with E-state index < -0.39 is 10.7 Å². The fourth-order valence-electron chi connectivity index (χ4n) is 3.16. The van der Waals surface area contributed by atoms with Crippen molar-refractivity contribution in [2.24, 2.45) is 0 Å². The van der Waals surface area contributed by atoms with Crippen LogP contribution in [0.4, 0.5) is 21.5 Å². The van der Waals surface area contributed by atoms with E-state index in [1.807, 2.05) is 23.6 Å². The Balaban J connectivity index is 2.39. The molecule has 1 aliphatic rings. The van der Waals surface area contributed by atoms with Crippen molar-refractivity contribution in [2.75, 3.05) is 55.6 Å². The van der Waals surface area contributed by atoms with Gasteiger partial charge in [-0.1, -0.05) is 0 Å². The van der Waals surface area contributed by atoms with Gasteiger partial charge < -0.3 is 14.7 Å². The van der Waals surface area contributed by atoms with Crippen LogP contribution in [0.25, 0.3) is 0 Å². The molecule has 0 atom stereocenters. The van der Waals surface area contributed by atoms with Crippen LogP contribution in [-0.4, -0.2) is 50.7 Å². The molecular weight excluding hydrogens is 299 g/mol. The van der Waals surface area contributed by atoms with E-state index in [1.165, 1.54) is 4.90 Å². The fraction of sp³-hybridized carbons (Fsp3) is 0.625. The van der Waals surface area contributed by atoms with Crippen LogP contribution in [0.2, 0.25) is 0 Å². The molecule has 2 rings (SSSR count). The maximum atomic E-state index is 14.3. The zero-order valence-corrected chi connectivity index (χ0v) is 14.1. The average Bonchev–Trinajstić information content (AvgIpc) is 2.57. The molecule has 1 aliphatic heterocycles. The number of likely N-dealkylation sites (N-methyl/N-ethyl adjacent to an activating group) is 1. The Bertz CT molecular complexity index is 555. The van der Waals surface area contributed by atoms with E-state index in [4.69, 9.17) is 0 Å². The number of rotatable bonds is 6. The molecule has 1 heterocycles. The summed E-state index contributed by atoms with van der Waals surface area (Å²) in [7, 11) is 0. The van der Waals surface area contributed by atoms with Crippen LogP contribution >= 0.6 is 0 Å². The third kappa shape index (κ3) is 3.72. The molecule has 1 saturated heterocycles. The number of hydrogen-bond acceptors (Lipinski definition) is 4. The Morgan fingerprint density at radius 3 is 2.35 bits per heavy atom. The van der Waals surface area contributed by atoms with Gasteiger partial charge in [-0.3, -0.25) is 10.1 Å². The maximum Gasteiger partial charge on any atom is 0.295 e. The molecule has 7 heteroatoms. The van der Waals surface area contributed by atoms with Gasteiger partial charge in [-0.2, -0.15) is 0 Å². The maximum absolute atomic E-state index is 14.3. The molecule has 0 amide bonds. The molecule has 0 bridgehead atoms. The third-order valence-electron chi connectivity index (χ3n) is 4.66. The number of anilines is 2. The van der Waals surface area contributed by atoms with E-state index in [0.29, 0.717) is 24.5 Å². The van der Waals surface area contributed by atoms with Crippen LogP contribution in [-0.2, 0) is 0 Å². The highest BCUT2D eigenvalue weighted by Crippen LogP contribution is 2.35. The molecule has 0 saturated carbocycles. The minimum Gasteiger partial charge on any atom is -0.370 e. The first-order valence-corrected chi connectivity index (χ1v) is 8.33. The molecule has 1 aromatic rings. The van der Waals surface area contributed by atoms with Crippen molar-refractivity contribution in [3.05, 3.63) is 28.1 Å². The van der Waals surface area contributed by atoms with Crippen molar-refractivity contribution in [2.45, 2.75) is 20.8 Å². The first kappa shape index (κ1) is 17.5. The van der Waals surface area contributed by atoms with Crippen LogP contribution in [0.15, 0.2) is 12.1 Å². The Hall–Kier alpha value is -1.89. The largest absolute Gasteiger partial charge is 0.370 e. The van der Waals surface area contributed by atoms with Gasteiger partial charge in [0, 0.05) is 13.1 Å². The third-order valence-corrected chi connectivity index (χ3v) is 4.66. The number of piperazine rings is 1. The predicted molar refractivity (Wildman–Crippen MR) is 90.1 cm³/mol. The second-order valence-corrected chi connectivity index (χ2v) is 5.81. The molecule has 0 radical (unpaired) electrons. The minimum atomic E-state index is -0.526. The highest BCUT2D eigenvalue weighted by Gasteiger charge is 2.27. The number of hydrogen-bond donors (Lipinski definition) is 1.